The van der Waals surface area contributed by atoms with Gasteiger partial charge in [0.1, 0.15) is 41.5 Å². The Hall–Kier alpha value is -2.53. The fraction of sp³-hybridized carbons (Fsp3) is 0.333. The summed E-state index contributed by atoms with van der Waals surface area (Å²) in [6.45, 7) is 1.08. The van der Waals surface area contributed by atoms with Crippen LogP contribution in [0.2, 0.25) is 0 Å². The van der Waals surface area contributed by atoms with Crippen LogP contribution in [0.15, 0.2) is 48.8 Å². The van der Waals surface area contributed by atoms with Crippen molar-refractivity contribution in [1.29, 1.82) is 0 Å². The fourth-order valence-electron chi connectivity index (χ4n) is 3.46. The molecule has 0 amide bonds. The molecule has 0 saturated carbocycles. The molecule has 3 aromatic rings. The van der Waals surface area contributed by atoms with E-state index in [1.54, 1.807) is 37.3 Å². The number of nitrogen functional groups attached to an aromatic ring is 1. The normalized spacial score (nSPS) is 28.5. The molecule has 2 aromatic heterocycles. The fourth-order valence-corrected chi connectivity index (χ4v) is 4.24. The molecule has 1 aromatic carbocycles. The third kappa shape index (κ3) is 3.67. The van der Waals surface area contributed by atoms with Gasteiger partial charge in [0.2, 0.25) is 0 Å². The van der Waals surface area contributed by atoms with E-state index in [1.165, 1.54) is 23.0 Å². The number of fused-ring (bicyclic) bond motifs is 1. The van der Waals surface area contributed by atoms with Crippen LogP contribution >= 0.6 is 7.82 Å². The second-order valence-electron chi connectivity index (χ2n) is 7.03. The lowest BCUT2D eigenvalue weighted by atomic mass is 9.93. The monoisotopic (exact) mass is 436 g/mol. The van der Waals surface area contributed by atoms with E-state index in [9.17, 15) is 19.7 Å². The van der Waals surface area contributed by atoms with E-state index < -0.39 is 38.3 Å². The third-order valence-corrected chi connectivity index (χ3v) is 5.94. The van der Waals surface area contributed by atoms with E-state index in [-0.39, 0.29) is 11.6 Å². The average Bonchev–Trinajstić information content (AvgIpc) is 3.24. The Labute approximate surface area is 171 Å². The molecule has 12 heteroatoms. The van der Waals surface area contributed by atoms with E-state index in [4.69, 9.17) is 19.5 Å². The smallest absolute Gasteiger partial charge is 0.404 e. The maximum Gasteiger partial charge on any atom is 0.527 e. The van der Waals surface area contributed by atoms with Gasteiger partial charge in [-0.2, -0.15) is 5.10 Å². The number of para-hydroxylation sites is 1. The Morgan fingerprint density at radius 1 is 1.27 bits per heavy atom. The molecule has 160 valence electrons. The van der Waals surface area contributed by atoms with E-state index in [2.05, 4.69) is 10.1 Å². The van der Waals surface area contributed by atoms with Gasteiger partial charge in [0.15, 0.2) is 5.82 Å². The zero-order valence-corrected chi connectivity index (χ0v) is 16.8. The highest BCUT2D eigenvalue weighted by Gasteiger charge is 2.54. The van der Waals surface area contributed by atoms with Crippen LogP contribution in [0.3, 0.4) is 0 Å². The average molecular weight is 436 g/mol. The molecular weight excluding hydrogens is 415 g/mol. The Balaban J connectivity index is 1.51. The molecule has 30 heavy (non-hydrogen) atoms. The number of rotatable bonds is 6. The third-order valence-electron chi connectivity index (χ3n) is 5.02. The number of aromatic nitrogens is 3. The quantitative estimate of drug-likeness (QED) is 0.408. The first-order valence-corrected chi connectivity index (χ1v) is 10.6. The predicted octanol–water partition coefficient (Wildman–Crippen LogP) is 0.843. The van der Waals surface area contributed by atoms with Crippen LogP contribution in [0.4, 0.5) is 5.82 Å². The molecule has 0 aliphatic carbocycles. The summed E-state index contributed by atoms with van der Waals surface area (Å²) in [6, 6.07) is 11.3. The van der Waals surface area contributed by atoms with Gasteiger partial charge in [0.05, 0.1) is 12.3 Å². The van der Waals surface area contributed by atoms with E-state index in [0.717, 1.165) is 0 Å². The highest BCUT2D eigenvalue weighted by Crippen LogP contribution is 2.46. The molecule has 1 saturated heterocycles. The maximum atomic E-state index is 12.2. The number of benzene rings is 1. The summed E-state index contributed by atoms with van der Waals surface area (Å²) in [6.07, 6.45) is -2.60. The van der Waals surface area contributed by atoms with Gasteiger partial charge < -0.3 is 25.2 Å². The first-order valence-electron chi connectivity index (χ1n) is 9.06. The van der Waals surface area contributed by atoms with Crippen molar-refractivity contribution in [2.24, 2.45) is 0 Å². The van der Waals surface area contributed by atoms with Gasteiger partial charge in [-0.05, 0) is 31.2 Å². The lowest BCUT2D eigenvalue weighted by Gasteiger charge is -2.27. The van der Waals surface area contributed by atoms with E-state index in [1.807, 2.05) is 0 Å². The molecule has 1 aliphatic heterocycles. The Bertz CT molecular complexity index is 1090. The first-order chi connectivity index (χ1) is 14.2. The second kappa shape index (κ2) is 7.62. The maximum absolute atomic E-state index is 12.2. The molecule has 1 unspecified atom stereocenters. The highest BCUT2D eigenvalue weighted by atomic mass is 31.2. The predicted molar refractivity (Wildman–Crippen MR) is 104 cm³/mol. The van der Waals surface area contributed by atoms with Crippen LogP contribution in [-0.4, -0.2) is 54.6 Å². The van der Waals surface area contributed by atoms with Crippen molar-refractivity contribution < 1.29 is 33.5 Å². The van der Waals surface area contributed by atoms with Gasteiger partial charge in [0, 0.05) is 0 Å². The highest BCUT2D eigenvalue weighted by molar-refractivity contribution is 7.47. The minimum absolute atomic E-state index is 0.151. The zero-order chi connectivity index (χ0) is 21.5. The number of phosphoric ester groups is 1. The first kappa shape index (κ1) is 20.7. The molecular formula is C18H21N4O7P. The number of nitrogens with two attached hydrogens (primary N) is 1. The van der Waals surface area contributed by atoms with Crippen molar-refractivity contribution in [2.75, 3.05) is 12.3 Å². The number of aliphatic hydroxyl groups excluding tert-OH is 2. The molecule has 5 atom stereocenters. The molecule has 1 aliphatic rings. The van der Waals surface area contributed by atoms with Crippen molar-refractivity contribution in [2.45, 2.75) is 30.8 Å². The summed E-state index contributed by atoms with van der Waals surface area (Å²) in [4.78, 5) is 13.9. The van der Waals surface area contributed by atoms with Crippen LogP contribution in [0.25, 0.3) is 5.52 Å². The van der Waals surface area contributed by atoms with Gasteiger partial charge in [0.25, 0.3) is 0 Å². The lowest BCUT2D eigenvalue weighted by molar-refractivity contribution is -0.0881. The number of hydrogen-bond acceptors (Lipinski definition) is 9. The molecule has 1 fully saturated rings. The number of nitrogens with zero attached hydrogens (tertiary/aromatic N) is 3. The standard InChI is InChI=1S/C18H21N4O7P/c1-18(14-8-7-12-17(19)20-10-21-22(12)14)16(24)15(23)13(28-18)9-27-30(25,26)29-11-5-3-2-4-6-11/h2-8,10,13,15-16,23-24H,9H2,1H3,(H,25,26)(H2,19,20,21)/t13-,15-,16-,18+/m1/s1. The Morgan fingerprint density at radius 3 is 2.73 bits per heavy atom. The largest absolute Gasteiger partial charge is 0.527 e. The van der Waals surface area contributed by atoms with Gasteiger partial charge >= 0.3 is 7.82 Å². The molecule has 11 nitrogen and oxygen atoms in total. The van der Waals surface area contributed by atoms with Crippen LogP contribution in [0, 0.1) is 0 Å². The topological polar surface area (TPSA) is 162 Å². The molecule has 5 N–H and O–H groups in total. The summed E-state index contributed by atoms with van der Waals surface area (Å²) in [5.74, 6) is 0.394. The van der Waals surface area contributed by atoms with Crippen molar-refractivity contribution in [3.05, 3.63) is 54.5 Å². The molecule has 0 radical (unpaired) electrons. The van der Waals surface area contributed by atoms with Gasteiger partial charge in [-0.1, -0.05) is 18.2 Å². The molecule has 0 bridgehead atoms. The summed E-state index contributed by atoms with van der Waals surface area (Å²) in [5, 5.41) is 25.3. The van der Waals surface area contributed by atoms with Crippen molar-refractivity contribution in [3.63, 3.8) is 0 Å². The van der Waals surface area contributed by atoms with Crippen LogP contribution in [0.5, 0.6) is 5.75 Å². The van der Waals surface area contributed by atoms with Gasteiger partial charge in [-0.15, -0.1) is 0 Å². The number of ether oxygens (including phenoxy) is 1. The Kier molecular flexibility index (Phi) is 5.27. The number of aliphatic hydroxyl groups is 2. The SMILES string of the molecule is C[C@@]1(c2ccc3c(N)ncnn23)O[C@H](COP(=O)(O)Oc2ccccc2)[C@@H](O)[C@H]1O. The second-order valence-corrected chi connectivity index (χ2v) is 8.41. The molecule has 0 spiro atoms. The number of anilines is 1. The number of phosphoric acid groups is 1. The molecule has 4 rings (SSSR count). The summed E-state index contributed by atoms with van der Waals surface area (Å²) in [7, 11) is -4.48. The van der Waals surface area contributed by atoms with Crippen molar-refractivity contribution in [3.8, 4) is 5.75 Å². The van der Waals surface area contributed by atoms with Crippen LogP contribution in [-0.2, 0) is 19.4 Å². The summed E-state index contributed by atoms with van der Waals surface area (Å²) >= 11 is 0. The van der Waals surface area contributed by atoms with E-state index in [0.29, 0.717) is 11.2 Å². The van der Waals surface area contributed by atoms with Crippen molar-refractivity contribution in [1.82, 2.24) is 14.6 Å². The van der Waals surface area contributed by atoms with Crippen molar-refractivity contribution >= 4 is 19.2 Å². The Morgan fingerprint density at radius 2 is 2.00 bits per heavy atom. The van der Waals surface area contributed by atoms with Crippen LogP contribution < -0.4 is 10.3 Å². The van der Waals surface area contributed by atoms with E-state index >= 15 is 0 Å². The zero-order valence-electron chi connectivity index (χ0n) is 15.9. The summed E-state index contributed by atoms with van der Waals surface area (Å²) in [5.41, 5.74) is 5.39. The van der Waals surface area contributed by atoms with Gasteiger partial charge in [-0.3, -0.25) is 9.42 Å². The van der Waals surface area contributed by atoms with Crippen LogP contribution in [0.1, 0.15) is 12.6 Å². The minimum Gasteiger partial charge on any atom is -0.404 e. The lowest BCUT2D eigenvalue weighted by Crippen LogP contribution is -2.39. The van der Waals surface area contributed by atoms with Gasteiger partial charge in [-0.25, -0.2) is 14.1 Å². The summed E-state index contributed by atoms with van der Waals surface area (Å²) < 4.78 is 29.5. The molecule has 3 heterocycles. The minimum atomic E-state index is -4.48. The number of hydrogen-bond donors (Lipinski definition) is 4.